The van der Waals surface area contributed by atoms with Crippen LogP contribution in [-0.2, 0) is 0 Å². The summed E-state index contributed by atoms with van der Waals surface area (Å²) in [5.41, 5.74) is 2.43. The molecule has 1 aromatic rings. The van der Waals surface area contributed by atoms with Crippen LogP contribution in [-0.4, -0.2) is 27.3 Å². The van der Waals surface area contributed by atoms with Crippen LogP contribution in [0.5, 0.6) is 6.01 Å². The van der Waals surface area contributed by atoms with Gasteiger partial charge in [-0.1, -0.05) is 32.5 Å². The van der Waals surface area contributed by atoms with Gasteiger partial charge in [0.15, 0.2) is 5.16 Å². The van der Waals surface area contributed by atoms with E-state index in [1.54, 1.807) is 11.8 Å². The van der Waals surface area contributed by atoms with E-state index in [9.17, 15) is 0 Å². The van der Waals surface area contributed by atoms with Gasteiger partial charge < -0.3 is 4.74 Å². The Kier molecular flexibility index (Phi) is 6.74. The van der Waals surface area contributed by atoms with Crippen LogP contribution in [0.2, 0.25) is 0 Å². The van der Waals surface area contributed by atoms with Crippen molar-refractivity contribution in [3.05, 3.63) is 0 Å². The van der Waals surface area contributed by atoms with E-state index in [0.717, 1.165) is 18.6 Å². The summed E-state index contributed by atoms with van der Waals surface area (Å²) >= 11 is 1.59. The van der Waals surface area contributed by atoms with E-state index in [0.29, 0.717) is 29.6 Å². The van der Waals surface area contributed by atoms with Gasteiger partial charge in [-0.2, -0.15) is 15.0 Å². The standard InChI is InChI=1S/C11H21N5OS/c1-4-6-17-10-13-9(16-12)14-11(15-10)18-7-5-8(2)3/h8H,4-7,12H2,1-3H3,(H,13,14,15,16). The lowest BCUT2D eigenvalue weighted by Gasteiger charge is -2.07. The summed E-state index contributed by atoms with van der Waals surface area (Å²) in [6.45, 7) is 7.00. The Morgan fingerprint density at radius 1 is 1.33 bits per heavy atom. The molecule has 6 nitrogen and oxygen atoms in total. The zero-order valence-electron chi connectivity index (χ0n) is 11.1. The Morgan fingerprint density at radius 3 is 2.72 bits per heavy atom. The maximum absolute atomic E-state index is 5.39. The molecule has 0 aliphatic carbocycles. The highest BCUT2D eigenvalue weighted by atomic mass is 32.2. The second-order valence-corrected chi connectivity index (χ2v) is 5.31. The molecule has 0 saturated heterocycles. The van der Waals surface area contributed by atoms with E-state index < -0.39 is 0 Å². The van der Waals surface area contributed by atoms with E-state index in [2.05, 4.69) is 34.2 Å². The van der Waals surface area contributed by atoms with Gasteiger partial charge in [0.2, 0.25) is 5.95 Å². The molecule has 3 N–H and O–H groups in total. The number of anilines is 1. The van der Waals surface area contributed by atoms with Crippen LogP contribution in [0.25, 0.3) is 0 Å². The zero-order valence-corrected chi connectivity index (χ0v) is 12.0. The highest BCUT2D eigenvalue weighted by molar-refractivity contribution is 7.99. The largest absolute Gasteiger partial charge is 0.463 e. The topological polar surface area (TPSA) is 86.0 Å². The number of nitrogens with two attached hydrogens (primary N) is 1. The Balaban J connectivity index is 2.64. The number of ether oxygens (including phenoxy) is 1. The summed E-state index contributed by atoms with van der Waals surface area (Å²) in [5.74, 6) is 7.30. The lowest BCUT2D eigenvalue weighted by molar-refractivity contribution is 0.288. The Labute approximate surface area is 112 Å². The molecule has 0 unspecified atom stereocenters. The van der Waals surface area contributed by atoms with Gasteiger partial charge in [0.25, 0.3) is 0 Å². The number of hydrogen-bond acceptors (Lipinski definition) is 7. The third-order valence-corrected chi connectivity index (χ3v) is 2.97. The van der Waals surface area contributed by atoms with Crippen LogP contribution in [0, 0.1) is 5.92 Å². The molecule has 7 heteroatoms. The molecule has 1 heterocycles. The van der Waals surface area contributed by atoms with Crippen molar-refractivity contribution in [3.63, 3.8) is 0 Å². The predicted molar refractivity (Wildman–Crippen MR) is 73.6 cm³/mol. The summed E-state index contributed by atoms with van der Waals surface area (Å²) in [4.78, 5) is 12.5. The molecule has 0 fully saturated rings. The molecule has 0 saturated carbocycles. The second kappa shape index (κ2) is 8.10. The second-order valence-electron chi connectivity index (χ2n) is 4.25. The van der Waals surface area contributed by atoms with Crippen LogP contribution in [0.4, 0.5) is 5.95 Å². The highest BCUT2D eigenvalue weighted by Gasteiger charge is 2.07. The monoisotopic (exact) mass is 271 g/mol. The normalized spacial score (nSPS) is 10.7. The van der Waals surface area contributed by atoms with E-state index in [1.807, 2.05) is 6.92 Å². The number of thioether (sulfide) groups is 1. The molecule has 0 amide bonds. The SMILES string of the molecule is CCCOc1nc(NN)nc(SCCC(C)C)n1. The van der Waals surface area contributed by atoms with Gasteiger partial charge in [-0.3, -0.25) is 5.43 Å². The molecule has 1 aromatic heterocycles. The molecule has 0 bridgehead atoms. The number of nitrogens with one attached hydrogen (secondary N) is 1. The molecule has 102 valence electrons. The molecule has 0 aliphatic heterocycles. The Bertz CT molecular complexity index is 361. The quantitative estimate of drug-likeness (QED) is 0.425. The van der Waals surface area contributed by atoms with Crippen LogP contribution in [0.1, 0.15) is 33.6 Å². The van der Waals surface area contributed by atoms with Gasteiger partial charge >= 0.3 is 6.01 Å². The molecule has 0 aromatic carbocycles. The Hall–Kier alpha value is -1.08. The van der Waals surface area contributed by atoms with E-state index in [1.165, 1.54) is 0 Å². The van der Waals surface area contributed by atoms with E-state index in [-0.39, 0.29) is 0 Å². The maximum atomic E-state index is 5.39. The van der Waals surface area contributed by atoms with Gasteiger partial charge in [-0.25, -0.2) is 5.84 Å². The zero-order chi connectivity index (χ0) is 13.4. The lowest BCUT2D eigenvalue weighted by Crippen LogP contribution is -2.13. The van der Waals surface area contributed by atoms with Crippen molar-refractivity contribution in [2.24, 2.45) is 11.8 Å². The first kappa shape index (κ1) is 15.0. The molecule has 0 atom stereocenters. The van der Waals surface area contributed by atoms with Crippen molar-refractivity contribution in [1.82, 2.24) is 15.0 Å². The number of hydrogen-bond donors (Lipinski definition) is 2. The number of rotatable bonds is 8. The fourth-order valence-electron chi connectivity index (χ4n) is 1.11. The fraction of sp³-hybridized carbons (Fsp3) is 0.727. The van der Waals surface area contributed by atoms with Crippen molar-refractivity contribution in [2.45, 2.75) is 38.8 Å². The first-order chi connectivity index (χ1) is 8.65. The summed E-state index contributed by atoms with van der Waals surface area (Å²) in [6, 6.07) is 0.326. The predicted octanol–water partition coefficient (Wildman–Crippen LogP) is 2.08. The third-order valence-electron chi connectivity index (χ3n) is 2.09. The van der Waals surface area contributed by atoms with Crippen molar-refractivity contribution >= 4 is 17.7 Å². The summed E-state index contributed by atoms with van der Waals surface area (Å²) in [5, 5.41) is 0.643. The molecule has 18 heavy (non-hydrogen) atoms. The summed E-state index contributed by atoms with van der Waals surface area (Å²) in [6.07, 6.45) is 2.03. The average molecular weight is 271 g/mol. The number of hydrazine groups is 1. The molecule has 0 radical (unpaired) electrons. The van der Waals surface area contributed by atoms with Gasteiger partial charge in [0.1, 0.15) is 0 Å². The number of nitrogen functional groups attached to an aromatic ring is 1. The molecular formula is C11H21N5OS. The minimum atomic E-state index is 0.326. The number of aromatic nitrogens is 3. The summed E-state index contributed by atoms with van der Waals surface area (Å²) < 4.78 is 5.39. The van der Waals surface area contributed by atoms with Crippen molar-refractivity contribution < 1.29 is 4.74 Å². The van der Waals surface area contributed by atoms with Crippen molar-refractivity contribution in [1.29, 1.82) is 0 Å². The first-order valence-corrected chi connectivity index (χ1v) is 7.12. The third kappa shape index (κ3) is 5.50. The van der Waals surface area contributed by atoms with Gasteiger partial charge in [-0.15, -0.1) is 0 Å². The average Bonchev–Trinajstić information content (AvgIpc) is 2.35. The molecular weight excluding hydrogens is 250 g/mol. The fourth-order valence-corrected chi connectivity index (χ4v) is 2.18. The molecule has 0 spiro atoms. The van der Waals surface area contributed by atoms with Crippen LogP contribution < -0.4 is 16.0 Å². The summed E-state index contributed by atoms with van der Waals surface area (Å²) in [7, 11) is 0. The minimum Gasteiger partial charge on any atom is -0.463 e. The Morgan fingerprint density at radius 2 is 2.11 bits per heavy atom. The van der Waals surface area contributed by atoms with Crippen molar-refractivity contribution in [3.8, 4) is 6.01 Å². The first-order valence-electron chi connectivity index (χ1n) is 6.14. The van der Waals surface area contributed by atoms with Gasteiger partial charge in [-0.05, 0) is 18.8 Å². The lowest BCUT2D eigenvalue weighted by atomic mass is 10.2. The minimum absolute atomic E-state index is 0.326. The van der Waals surface area contributed by atoms with Crippen LogP contribution in [0.3, 0.4) is 0 Å². The smallest absolute Gasteiger partial charge is 0.322 e. The van der Waals surface area contributed by atoms with E-state index >= 15 is 0 Å². The van der Waals surface area contributed by atoms with E-state index in [4.69, 9.17) is 10.6 Å². The van der Waals surface area contributed by atoms with Crippen LogP contribution >= 0.6 is 11.8 Å². The van der Waals surface area contributed by atoms with Crippen molar-refractivity contribution in [2.75, 3.05) is 17.8 Å². The maximum Gasteiger partial charge on any atom is 0.322 e. The highest BCUT2D eigenvalue weighted by Crippen LogP contribution is 2.19. The molecule has 0 aliphatic rings. The molecule has 1 rings (SSSR count). The number of nitrogens with zero attached hydrogens (tertiary/aromatic N) is 3. The van der Waals surface area contributed by atoms with Gasteiger partial charge in [0, 0.05) is 5.75 Å². The van der Waals surface area contributed by atoms with Crippen LogP contribution in [0.15, 0.2) is 5.16 Å². The van der Waals surface area contributed by atoms with Gasteiger partial charge in [0.05, 0.1) is 6.61 Å².